The number of rotatable bonds is 7. The number of anilines is 1. The summed E-state index contributed by atoms with van der Waals surface area (Å²) in [6.07, 6.45) is 1.79. The minimum atomic E-state index is -0.119. The first-order valence-electron chi connectivity index (χ1n) is 7.85. The predicted molar refractivity (Wildman–Crippen MR) is 109 cm³/mol. The summed E-state index contributed by atoms with van der Waals surface area (Å²) in [7, 11) is 0. The SMILES string of the molecule is C=CCn1c(SCC(=O)Nc2cc(Cl)ccc2C)nnc1-c1cccs1. The van der Waals surface area contributed by atoms with Crippen LogP contribution in [0.1, 0.15) is 5.56 Å². The molecule has 0 fully saturated rings. The third-order valence-corrected chi connectivity index (χ3v) is 5.64. The van der Waals surface area contributed by atoms with Crippen LogP contribution in [0, 0.1) is 6.92 Å². The maximum absolute atomic E-state index is 12.3. The van der Waals surface area contributed by atoms with E-state index in [0.717, 1.165) is 22.0 Å². The Bertz CT molecular complexity index is 921. The minimum absolute atomic E-state index is 0.119. The average Bonchev–Trinajstić information content (AvgIpc) is 3.26. The Morgan fingerprint density at radius 3 is 3.00 bits per heavy atom. The van der Waals surface area contributed by atoms with Gasteiger partial charge in [0.2, 0.25) is 5.91 Å². The Morgan fingerprint density at radius 2 is 2.27 bits per heavy atom. The summed E-state index contributed by atoms with van der Waals surface area (Å²) in [6.45, 7) is 6.30. The Hall–Kier alpha value is -2.09. The van der Waals surface area contributed by atoms with E-state index in [4.69, 9.17) is 11.6 Å². The van der Waals surface area contributed by atoms with Gasteiger partial charge in [-0.3, -0.25) is 9.36 Å². The number of hydrogen-bond acceptors (Lipinski definition) is 5. The number of carbonyl (C=O) groups excluding carboxylic acids is 1. The molecule has 0 saturated heterocycles. The van der Waals surface area contributed by atoms with E-state index in [2.05, 4.69) is 22.1 Å². The quantitative estimate of drug-likeness (QED) is 0.450. The van der Waals surface area contributed by atoms with Gasteiger partial charge in [0, 0.05) is 17.3 Å². The van der Waals surface area contributed by atoms with Crippen molar-refractivity contribution in [2.24, 2.45) is 0 Å². The predicted octanol–water partition coefficient (Wildman–Crippen LogP) is 4.89. The molecule has 1 aromatic carbocycles. The summed E-state index contributed by atoms with van der Waals surface area (Å²) in [6, 6.07) is 9.39. The third-order valence-electron chi connectivity index (χ3n) is 3.58. The second kappa shape index (κ2) is 8.53. The van der Waals surface area contributed by atoms with Gasteiger partial charge in [0.25, 0.3) is 0 Å². The van der Waals surface area contributed by atoms with Gasteiger partial charge >= 0.3 is 0 Å². The minimum Gasteiger partial charge on any atom is -0.325 e. The number of carbonyl (C=O) groups is 1. The second-order valence-electron chi connectivity index (χ2n) is 5.48. The lowest BCUT2D eigenvalue weighted by Crippen LogP contribution is -2.15. The molecule has 0 aliphatic rings. The van der Waals surface area contributed by atoms with E-state index in [9.17, 15) is 4.79 Å². The van der Waals surface area contributed by atoms with Crippen LogP contribution < -0.4 is 5.32 Å². The van der Waals surface area contributed by atoms with Crippen molar-refractivity contribution in [2.75, 3.05) is 11.1 Å². The van der Waals surface area contributed by atoms with Crippen molar-refractivity contribution < 1.29 is 4.79 Å². The van der Waals surface area contributed by atoms with Gasteiger partial charge < -0.3 is 5.32 Å². The van der Waals surface area contributed by atoms with Crippen LogP contribution >= 0.6 is 34.7 Å². The van der Waals surface area contributed by atoms with Gasteiger partial charge in [-0.1, -0.05) is 41.6 Å². The molecule has 2 heterocycles. The lowest BCUT2D eigenvalue weighted by molar-refractivity contribution is -0.113. The van der Waals surface area contributed by atoms with Gasteiger partial charge in [-0.15, -0.1) is 28.1 Å². The molecule has 8 heteroatoms. The molecule has 3 aromatic rings. The molecule has 0 aliphatic carbocycles. The molecular weight excluding hydrogens is 388 g/mol. The van der Waals surface area contributed by atoms with Gasteiger partial charge in [0.05, 0.1) is 10.6 Å². The Kier molecular flexibility index (Phi) is 6.13. The fraction of sp³-hybridized carbons (Fsp3) is 0.167. The molecular formula is C18H17ClN4OS2. The molecule has 0 atom stereocenters. The topological polar surface area (TPSA) is 59.8 Å². The summed E-state index contributed by atoms with van der Waals surface area (Å²) in [5, 5.41) is 14.7. The number of thiophene rings is 1. The van der Waals surface area contributed by atoms with E-state index in [0.29, 0.717) is 16.7 Å². The zero-order valence-electron chi connectivity index (χ0n) is 14.1. The maximum atomic E-state index is 12.3. The van der Waals surface area contributed by atoms with Crippen LogP contribution in [0.5, 0.6) is 0 Å². The van der Waals surface area contributed by atoms with Gasteiger partial charge in [0.15, 0.2) is 11.0 Å². The highest BCUT2D eigenvalue weighted by Crippen LogP contribution is 2.27. The Balaban J connectivity index is 1.70. The normalized spacial score (nSPS) is 10.7. The van der Waals surface area contributed by atoms with Gasteiger partial charge in [-0.05, 0) is 36.1 Å². The molecule has 0 saturated carbocycles. The Morgan fingerprint density at radius 1 is 1.42 bits per heavy atom. The standard InChI is InChI=1S/C18H17ClN4OS2/c1-3-8-23-17(15-5-4-9-25-15)21-22-18(23)26-11-16(24)20-14-10-13(19)7-6-12(14)2/h3-7,9-10H,1,8,11H2,2H3,(H,20,24). The van der Waals surface area contributed by atoms with Crippen LogP contribution in [0.3, 0.4) is 0 Å². The number of thioether (sulfide) groups is 1. The van der Waals surface area contributed by atoms with E-state index in [1.807, 2.05) is 35.1 Å². The largest absolute Gasteiger partial charge is 0.325 e. The van der Waals surface area contributed by atoms with E-state index in [1.54, 1.807) is 29.5 Å². The lowest BCUT2D eigenvalue weighted by atomic mass is 10.2. The fourth-order valence-electron chi connectivity index (χ4n) is 2.32. The van der Waals surface area contributed by atoms with Crippen molar-refractivity contribution in [1.29, 1.82) is 0 Å². The summed E-state index contributed by atoms with van der Waals surface area (Å²) in [5.41, 5.74) is 1.68. The molecule has 2 aromatic heterocycles. The molecule has 0 radical (unpaired) electrons. The number of aromatic nitrogens is 3. The summed E-state index contributed by atoms with van der Waals surface area (Å²) < 4.78 is 1.96. The Labute approximate surface area is 165 Å². The molecule has 134 valence electrons. The van der Waals surface area contributed by atoms with Crippen molar-refractivity contribution >= 4 is 46.3 Å². The van der Waals surface area contributed by atoms with Crippen molar-refractivity contribution in [3.8, 4) is 10.7 Å². The number of aryl methyl sites for hydroxylation is 1. The average molecular weight is 405 g/mol. The van der Waals surface area contributed by atoms with Crippen LogP contribution in [-0.2, 0) is 11.3 Å². The van der Waals surface area contributed by atoms with Crippen LogP contribution in [0.15, 0.2) is 53.5 Å². The number of halogens is 1. The van der Waals surface area contributed by atoms with Crippen LogP contribution in [0.2, 0.25) is 5.02 Å². The van der Waals surface area contributed by atoms with Crippen molar-refractivity contribution in [3.63, 3.8) is 0 Å². The van der Waals surface area contributed by atoms with Crippen LogP contribution in [0.4, 0.5) is 5.69 Å². The maximum Gasteiger partial charge on any atom is 0.234 e. The highest BCUT2D eigenvalue weighted by atomic mass is 35.5. The first-order chi connectivity index (χ1) is 12.6. The van der Waals surface area contributed by atoms with Crippen molar-refractivity contribution in [3.05, 3.63) is 59.0 Å². The number of allylic oxidation sites excluding steroid dienone is 1. The first-order valence-corrected chi connectivity index (χ1v) is 10.1. The van der Waals surface area contributed by atoms with Crippen molar-refractivity contribution in [1.82, 2.24) is 14.8 Å². The lowest BCUT2D eigenvalue weighted by Gasteiger charge is -2.09. The monoisotopic (exact) mass is 404 g/mol. The van der Waals surface area contributed by atoms with E-state index in [1.165, 1.54) is 11.8 Å². The molecule has 3 rings (SSSR count). The summed E-state index contributed by atoms with van der Waals surface area (Å²) in [4.78, 5) is 13.3. The molecule has 1 N–H and O–H groups in total. The first kappa shape index (κ1) is 18.7. The molecule has 0 aliphatic heterocycles. The van der Waals surface area contributed by atoms with Gasteiger partial charge in [-0.2, -0.15) is 0 Å². The zero-order valence-corrected chi connectivity index (χ0v) is 16.5. The van der Waals surface area contributed by atoms with Crippen LogP contribution in [-0.4, -0.2) is 26.4 Å². The van der Waals surface area contributed by atoms with E-state index < -0.39 is 0 Å². The second-order valence-corrected chi connectivity index (χ2v) is 7.81. The number of amides is 1. The van der Waals surface area contributed by atoms with Crippen LogP contribution in [0.25, 0.3) is 10.7 Å². The number of hydrogen-bond donors (Lipinski definition) is 1. The molecule has 26 heavy (non-hydrogen) atoms. The number of benzene rings is 1. The van der Waals surface area contributed by atoms with Crippen molar-refractivity contribution in [2.45, 2.75) is 18.6 Å². The summed E-state index contributed by atoms with van der Waals surface area (Å²) in [5.74, 6) is 0.894. The molecule has 0 spiro atoms. The smallest absolute Gasteiger partial charge is 0.234 e. The van der Waals surface area contributed by atoms with Gasteiger partial charge in [-0.25, -0.2) is 0 Å². The number of nitrogens with zero attached hydrogens (tertiary/aromatic N) is 3. The molecule has 0 unspecified atom stereocenters. The highest BCUT2D eigenvalue weighted by molar-refractivity contribution is 7.99. The highest BCUT2D eigenvalue weighted by Gasteiger charge is 2.16. The zero-order chi connectivity index (χ0) is 18.5. The number of nitrogens with one attached hydrogen (secondary N) is 1. The fourth-order valence-corrected chi connectivity index (χ4v) is 3.96. The van der Waals surface area contributed by atoms with E-state index in [-0.39, 0.29) is 11.7 Å². The molecule has 1 amide bonds. The van der Waals surface area contributed by atoms with Gasteiger partial charge in [0.1, 0.15) is 0 Å². The summed E-state index contributed by atoms with van der Waals surface area (Å²) >= 11 is 8.94. The molecule has 5 nitrogen and oxygen atoms in total. The molecule has 0 bridgehead atoms. The third kappa shape index (κ3) is 4.35. The van der Waals surface area contributed by atoms with E-state index >= 15 is 0 Å².